The molecule has 0 aliphatic heterocycles. The summed E-state index contributed by atoms with van der Waals surface area (Å²) >= 11 is 0. The van der Waals surface area contributed by atoms with Crippen LogP contribution in [0.25, 0.3) is 11.0 Å². The number of fused-ring (bicyclic) bond motifs is 1. The van der Waals surface area contributed by atoms with Crippen molar-refractivity contribution in [3.63, 3.8) is 0 Å². The molecular formula is C25H23F2N3O. The van der Waals surface area contributed by atoms with E-state index in [9.17, 15) is 13.6 Å². The summed E-state index contributed by atoms with van der Waals surface area (Å²) in [5.41, 5.74) is 2.96. The van der Waals surface area contributed by atoms with E-state index in [1.807, 2.05) is 35.8 Å². The number of para-hydroxylation sites is 2. The van der Waals surface area contributed by atoms with Gasteiger partial charge in [-0.15, -0.1) is 0 Å². The summed E-state index contributed by atoms with van der Waals surface area (Å²) in [6, 6.07) is 19.3. The van der Waals surface area contributed by atoms with Crippen LogP contribution >= 0.6 is 0 Å². The third kappa shape index (κ3) is 4.63. The molecular weight excluding hydrogens is 396 g/mol. The van der Waals surface area contributed by atoms with Gasteiger partial charge in [-0.3, -0.25) is 4.79 Å². The lowest BCUT2D eigenvalue weighted by molar-refractivity contribution is -0.119. The van der Waals surface area contributed by atoms with Crippen molar-refractivity contribution in [1.82, 2.24) is 9.55 Å². The second-order valence-electron chi connectivity index (χ2n) is 7.49. The summed E-state index contributed by atoms with van der Waals surface area (Å²) in [5.74, 6) is -0.206. The van der Waals surface area contributed by atoms with E-state index in [2.05, 4.69) is 5.32 Å². The molecule has 31 heavy (non-hydrogen) atoms. The monoisotopic (exact) mass is 419 g/mol. The largest absolute Gasteiger partial charge is 0.324 e. The van der Waals surface area contributed by atoms with Gasteiger partial charge in [0.2, 0.25) is 5.91 Å². The van der Waals surface area contributed by atoms with E-state index < -0.39 is 11.9 Å². The van der Waals surface area contributed by atoms with Gasteiger partial charge in [-0.2, -0.15) is 0 Å². The van der Waals surface area contributed by atoms with E-state index in [-0.39, 0.29) is 11.7 Å². The molecule has 0 saturated carbocycles. The average molecular weight is 419 g/mol. The SMILES string of the molecule is CCCC(C(=O)Nc1cccc(F)c1)n1c(Cc2ccc(F)cc2)nc2ccccc21. The maximum Gasteiger partial charge on any atom is 0.247 e. The van der Waals surface area contributed by atoms with Crippen LogP contribution in [-0.4, -0.2) is 15.5 Å². The van der Waals surface area contributed by atoms with Crippen LogP contribution in [0.3, 0.4) is 0 Å². The molecule has 1 amide bonds. The van der Waals surface area contributed by atoms with Gasteiger partial charge in [0, 0.05) is 12.1 Å². The van der Waals surface area contributed by atoms with Crippen molar-refractivity contribution in [3.05, 3.63) is 95.8 Å². The van der Waals surface area contributed by atoms with Crippen molar-refractivity contribution in [2.75, 3.05) is 5.32 Å². The Labute approximate surface area is 179 Å². The van der Waals surface area contributed by atoms with Gasteiger partial charge in [-0.25, -0.2) is 13.8 Å². The third-order valence-electron chi connectivity index (χ3n) is 5.21. The molecule has 1 aromatic heterocycles. The Kier molecular flexibility index (Phi) is 6.07. The number of anilines is 1. The van der Waals surface area contributed by atoms with Gasteiger partial charge in [0.05, 0.1) is 11.0 Å². The molecule has 1 N–H and O–H groups in total. The summed E-state index contributed by atoms with van der Waals surface area (Å²) in [6.07, 6.45) is 1.84. The standard InChI is InChI=1S/C25H23F2N3O/c1-2-6-23(25(31)28-20-8-5-7-19(27)16-20)30-22-10-4-3-9-21(22)29-24(30)15-17-11-13-18(26)14-12-17/h3-5,7-14,16,23H,2,6,15H2,1H3,(H,28,31). The van der Waals surface area contributed by atoms with Gasteiger partial charge in [0.1, 0.15) is 23.5 Å². The van der Waals surface area contributed by atoms with E-state index in [1.54, 1.807) is 24.3 Å². The molecule has 0 aliphatic rings. The normalized spacial score (nSPS) is 12.1. The molecule has 0 aliphatic carbocycles. The van der Waals surface area contributed by atoms with Crippen LogP contribution in [0, 0.1) is 11.6 Å². The molecule has 0 spiro atoms. The molecule has 158 valence electrons. The fraction of sp³-hybridized carbons (Fsp3) is 0.200. The Morgan fingerprint density at radius 2 is 1.77 bits per heavy atom. The number of imidazole rings is 1. The molecule has 0 saturated heterocycles. The van der Waals surface area contributed by atoms with Crippen LogP contribution in [0.4, 0.5) is 14.5 Å². The molecule has 4 aromatic rings. The van der Waals surface area contributed by atoms with Crippen LogP contribution < -0.4 is 5.32 Å². The maximum atomic E-state index is 13.6. The minimum Gasteiger partial charge on any atom is -0.324 e. The van der Waals surface area contributed by atoms with Gasteiger partial charge in [0.25, 0.3) is 0 Å². The number of carbonyl (C=O) groups excluding carboxylic acids is 1. The second-order valence-corrected chi connectivity index (χ2v) is 7.49. The summed E-state index contributed by atoms with van der Waals surface area (Å²) in [6.45, 7) is 2.02. The van der Waals surface area contributed by atoms with Crippen molar-refractivity contribution in [1.29, 1.82) is 0 Å². The Bertz CT molecular complexity index is 1200. The van der Waals surface area contributed by atoms with E-state index >= 15 is 0 Å². The van der Waals surface area contributed by atoms with Crippen molar-refractivity contribution in [3.8, 4) is 0 Å². The first-order chi connectivity index (χ1) is 15.0. The Morgan fingerprint density at radius 3 is 2.52 bits per heavy atom. The molecule has 6 heteroatoms. The molecule has 3 aromatic carbocycles. The van der Waals surface area contributed by atoms with Crippen molar-refractivity contribution < 1.29 is 13.6 Å². The predicted molar refractivity (Wildman–Crippen MR) is 118 cm³/mol. The van der Waals surface area contributed by atoms with E-state index in [1.165, 1.54) is 24.3 Å². The highest BCUT2D eigenvalue weighted by Gasteiger charge is 2.25. The van der Waals surface area contributed by atoms with Gasteiger partial charge in [0.15, 0.2) is 0 Å². The number of aromatic nitrogens is 2. The fourth-order valence-corrected chi connectivity index (χ4v) is 3.79. The molecule has 0 bridgehead atoms. The zero-order valence-electron chi connectivity index (χ0n) is 17.2. The fourth-order valence-electron chi connectivity index (χ4n) is 3.79. The number of nitrogens with one attached hydrogen (secondary N) is 1. The summed E-state index contributed by atoms with van der Waals surface area (Å²) < 4.78 is 28.9. The Morgan fingerprint density at radius 1 is 1.00 bits per heavy atom. The summed E-state index contributed by atoms with van der Waals surface area (Å²) in [4.78, 5) is 18.0. The van der Waals surface area contributed by atoms with Crippen molar-refractivity contribution in [2.24, 2.45) is 0 Å². The first kappa shape index (κ1) is 20.7. The smallest absolute Gasteiger partial charge is 0.247 e. The Balaban J connectivity index is 1.74. The Hall–Kier alpha value is -3.54. The maximum absolute atomic E-state index is 13.6. The highest BCUT2D eigenvalue weighted by molar-refractivity contribution is 5.95. The highest BCUT2D eigenvalue weighted by Crippen LogP contribution is 2.27. The van der Waals surface area contributed by atoms with Gasteiger partial charge >= 0.3 is 0 Å². The number of halogens is 2. The highest BCUT2D eigenvalue weighted by atomic mass is 19.1. The first-order valence-corrected chi connectivity index (χ1v) is 10.3. The predicted octanol–water partition coefficient (Wildman–Crippen LogP) is 5.89. The van der Waals surface area contributed by atoms with Crippen LogP contribution in [0.1, 0.15) is 37.2 Å². The number of carbonyl (C=O) groups is 1. The molecule has 1 atom stereocenters. The minimum atomic E-state index is -0.517. The van der Waals surface area contributed by atoms with E-state index in [4.69, 9.17) is 4.98 Å². The first-order valence-electron chi connectivity index (χ1n) is 10.3. The van der Waals surface area contributed by atoms with Gasteiger partial charge in [-0.1, -0.05) is 43.7 Å². The number of nitrogens with zero attached hydrogens (tertiary/aromatic N) is 2. The average Bonchev–Trinajstić information content (AvgIpc) is 3.11. The van der Waals surface area contributed by atoms with Crippen molar-refractivity contribution in [2.45, 2.75) is 32.2 Å². The molecule has 1 heterocycles. The van der Waals surface area contributed by atoms with Crippen LogP contribution in [-0.2, 0) is 11.2 Å². The number of hydrogen-bond acceptors (Lipinski definition) is 2. The van der Waals surface area contributed by atoms with Crippen LogP contribution in [0.15, 0.2) is 72.8 Å². The zero-order valence-corrected chi connectivity index (χ0v) is 17.2. The topological polar surface area (TPSA) is 46.9 Å². The summed E-state index contributed by atoms with van der Waals surface area (Å²) in [5, 5.41) is 2.84. The minimum absolute atomic E-state index is 0.226. The molecule has 0 radical (unpaired) electrons. The van der Waals surface area contributed by atoms with E-state index in [0.717, 1.165) is 28.8 Å². The quantitative estimate of drug-likeness (QED) is 0.406. The van der Waals surface area contributed by atoms with Gasteiger partial charge < -0.3 is 9.88 Å². The lowest BCUT2D eigenvalue weighted by atomic mass is 10.1. The number of hydrogen-bond donors (Lipinski definition) is 1. The lowest BCUT2D eigenvalue weighted by Gasteiger charge is -2.21. The van der Waals surface area contributed by atoms with Crippen LogP contribution in [0.5, 0.6) is 0 Å². The van der Waals surface area contributed by atoms with E-state index in [0.29, 0.717) is 18.5 Å². The number of rotatable bonds is 7. The van der Waals surface area contributed by atoms with Crippen molar-refractivity contribution >= 4 is 22.6 Å². The third-order valence-corrected chi connectivity index (χ3v) is 5.21. The zero-order chi connectivity index (χ0) is 21.8. The molecule has 4 nitrogen and oxygen atoms in total. The number of benzene rings is 3. The summed E-state index contributed by atoms with van der Waals surface area (Å²) in [7, 11) is 0. The molecule has 1 unspecified atom stereocenters. The lowest BCUT2D eigenvalue weighted by Crippen LogP contribution is -2.27. The molecule has 4 rings (SSSR count). The number of amides is 1. The molecule has 0 fully saturated rings. The van der Waals surface area contributed by atoms with Gasteiger partial charge in [-0.05, 0) is 54.4 Å². The second kappa shape index (κ2) is 9.08. The van der Waals surface area contributed by atoms with Crippen LogP contribution in [0.2, 0.25) is 0 Å².